The minimum absolute atomic E-state index is 0.257. The third-order valence-corrected chi connectivity index (χ3v) is 5.36. The molecular weight excluding hydrogens is 386 g/mol. The van der Waals surface area contributed by atoms with Crippen molar-refractivity contribution < 1.29 is 19.1 Å². The molecule has 0 amide bonds. The number of ether oxygens (including phenoxy) is 2. The van der Waals surface area contributed by atoms with Gasteiger partial charge in [-0.05, 0) is 60.2 Å². The first kappa shape index (κ1) is 25.5. The Morgan fingerprint density at radius 2 is 1.31 bits per heavy atom. The van der Waals surface area contributed by atoms with Gasteiger partial charge >= 0.3 is 11.9 Å². The summed E-state index contributed by atoms with van der Waals surface area (Å²) in [5.41, 5.74) is -1.77. The highest BCUT2D eigenvalue weighted by atomic mass is 32.2. The average molecular weight is 424 g/mol. The van der Waals surface area contributed by atoms with Gasteiger partial charge in [0.05, 0.1) is 0 Å². The van der Waals surface area contributed by atoms with E-state index in [1.165, 1.54) is 11.8 Å². The van der Waals surface area contributed by atoms with Gasteiger partial charge in [0.25, 0.3) is 0 Å². The van der Waals surface area contributed by atoms with Crippen LogP contribution in [-0.4, -0.2) is 52.4 Å². The zero-order chi connectivity index (χ0) is 22.3. The van der Waals surface area contributed by atoms with E-state index in [0.29, 0.717) is 18.8 Å². The lowest BCUT2D eigenvalue weighted by Crippen LogP contribution is -2.64. The van der Waals surface area contributed by atoms with E-state index in [4.69, 9.17) is 9.47 Å². The molecule has 1 aromatic rings. The molecule has 1 aromatic carbocycles. The Morgan fingerprint density at radius 3 is 1.69 bits per heavy atom. The van der Waals surface area contributed by atoms with Gasteiger partial charge in [0, 0.05) is 11.5 Å². The molecule has 1 rings (SSSR count). The molecule has 0 aliphatic heterocycles. The van der Waals surface area contributed by atoms with Gasteiger partial charge in [-0.2, -0.15) is 11.8 Å². The molecule has 0 spiro atoms. The highest BCUT2D eigenvalue weighted by Gasteiger charge is 2.54. The molecule has 6 heteroatoms. The van der Waals surface area contributed by atoms with Crippen LogP contribution in [0.25, 0.3) is 0 Å². The molecule has 164 valence electrons. The van der Waals surface area contributed by atoms with Crippen LogP contribution >= 0.6 is 11.8 Å². The Bertz CT molecular complexity index is 630. The summed E-state index contributed by atoms with van der Waals surface area (Å²) in [6.07, 6.45) is 0. The Hall–Kier alpha value is -1.53. The summed E-state index contributed by atoms with van der Waals surface area (Å²) >= 11 is 1.54. The van der Waals surface area contributed by atoms with Gasteiger partial charge in [-0.25, -0.2) is 9.59 Å². The SMILES string of the molecule is CCN(CC)C(CSCc1ccccc1)(C(=O)OC(C)(C)C)C(=O)OC(C)(C)C. The molecule has 0 heterocycles. The number of carbonyl (C=O) groups is 2. The smallest absolute Gasteiger partial charge is 0.339 e. The third-order valence-electron chi connectivity index (χ3n) is 4.20. The quantitative estimate of drug-likeness (QED) is 0.424. The van der Waals surface area contributed by atoms with Gasteiger partial charge in [0.1, 0.15) is 11.2 Å². The van der Waals surface area contributed by atoms with Gasteiger partial charge in [0.15, 0.2) is 0 Å². The van der Waals surface area contributed by atoms with Crippen LogP contribution in [0, 0.1) is 0 Å². The molecule has 29 heavy (non-hydrogen) atoms. The molecule has 0 saturated carbocycles. The van der Waals surface area contributed by atoms with Crippen LogP contribution < -0.4 is 0 Å². The predicted molar refractivity (Wildman–Crippen MR) is 120 cm³/mol. The van der Waals surface area contributed by atoms with Crippen molar-refractivity contribution in [2.45, 2.75) is 77.9 Å². The lowest BCUT2D eigenvalue weighted by Gasteiger charge is -2.41. The molecule has 0 fully saturated rings. The molecule has 0 unspecified atom stereocenters. The molecule has 0 bridgehead atoms. The maximum atomic E-state index is 13.4. The second-order valence-corrected chi connectivity index (χ2v) is 10.0. The molecule has 5 nitrogen and oxygen atoms in total. The molecule has 0 saturated heterocycles. The maximum absolute atomic E-state index is 13.4. The van der Waals surface area contributed by atoms with Gasteiger partial charge in [0.2, 0.25) is 5.54 Å². The van der Waals surface area contributed by atoms with E-state index < -0.39 is 28.7 Å². The minimum atomic E-state index is -1.50. The van der Waals surface area contributed by atoms with Crippen molar-refractivity contribution in [1.82, 2.24) is 4.90 Å². The Morgan fingerprint density at radius 1 is 0.862 bits per heavy atom. The monoisotopic (exact) mass is 423 g/mol. The summed E-state index contributed by atoms with van der Waals surface area (Å²) in [4.78, 5) is 28.7. The first-order chi connectivity index (χ1) is 13.4. The lowest BCUT2D eigenvalue weighted by atomic mass is 9.98. The van der Waals surface area contributed by atoms with Crippen molar-refractivity contribution in [2.75, 3.05) is 18.8 Å². The van der Waals surface area contributed by atoms with Crippen molar-refractivity contribution in [1.29, 1.82) is 0 Å². The third kappa shape index (κ3) is 7.67. The topological polar surface area (TPSA) is 55.8 Å². The van der Waals surface area contributed by atoms with Crippen molar-refractivity contribution in [3.63, 3.8) is 0 Å². The van der Waals surface area contributed by atoms with E-state index >= 15 is 0 Å². The fourth-order valence-electron chi connectivity index (χ4n) is 2.93. The number of benzene rings is 1. The molecule has 0 atom stereocenters. The van der Waals surface area contributed by atoms with Gasteiger partial charge in [-0.15, -0.1) is 0 Å². The molecule has 0 aliphatic rings. The summed E-state index contributed by atoms with van der Waals surface area (Å²) in [7, 11) is 0. The average Bonchev–Trinajstić information content (AvgIpc) is 2.59. The second-order valence-electron chi connectivity index (χ2n) is 9.01. The van der Waals surface area contributed by atoms with E-state index in [-0.39, 0.29) is 5.75 Å². The maximum Gasteiger partial charge on any atom is 0.339 e. The number of hydrogen-bond acceptors (Lipinski definition) is 6. The first-order valence-corrected chi connectivity index (χ1v) is 11.3. The van der Waals surface area contributed by atoms with Gasteiger partial charge in [-0.1, -0.05) is 44.2 Å². The number of esters is 2. The van der Waals surface area contributed by atoms with E-state index in [2.05, 4.69) is 0 Å². The van der Waals surface area contributed by atoms with Gasteiger partial charge in [-0.3, -0.25) is 4.90 Å². The predicted octanol–water partition coefficient (Wildman–Crippen LogP) is 4.68. The second kappa shape index (κ2) is 10.5. The summed E-state index contributed by atoms with van der Waals surface area (Å²) in [6.45, 7) is 15.8. The summed E-state index contributed by atoms with van der Waals surface area (Å²) in [5.74, 6) is -0.157. The minimum Gasteiger partial charge on any atom is -0.458 e. The number of thioether (sulfide) groups is 1. The van der Waals surface area contributed by atoms with E-state index in [9.17, 15) is 9.59 Å². The molecular formula is C23H37NO4S. The number of nitrogens with zero attached hydrogens (tertiary/aromatic N) is 1. The van der Waals surface area contributed by atoms with Crippen LogP contribution in [-0.2, 0) is 24.8 Å². The van der Waals surface area contributed by atoms with Gasteiger partial charge < -0.3 is 9.47 Å². The molecule has 0 N–H and O–H groups in total. The van der Waals surface area contributed by atoms with E-state index in [0.717, 1.165) is 5.56 Å². The Kier molecular flexibility index (Phi) is 9.22. The van der Waals surface area contributed by atoms with Crippen molar-refractivity contribution >= 4 is 23.7 Å². The van der Waals surface area contributed by atoms with Crippen LogP contribution in [0.1, 0.15) is 61.0 Å². The van der Waals surface area contributed by atoms with Crippen molar-refractivity contribution in [3.05, 3.63) is 35.9 Å². The molecule has 0 aromatic heterocycles. The van der Waals surface area contributed by atoms with E-state index in [1.54, 1.807) is 0 Å². The number of rotatable bonds is 9. The standard InChI is InChI=1S/C23H37NO4S/c1-9-24(10-2)23(19(25)27-21(3,4)5,20(26)28-22(6,7)8)17-29-16-18-14-12-11-13-15-18/h11-15H,9-10,16-17H2,1-8H3. The van der Waals surface area contributed by atoms with Crippen LogP contribution in [0.5, 0.6) is 0 Å². The largest absolute Gasteiger partial charge is 0.458 e. The summed E-state index contributed by atoms with van der Waals surface area (Å²) in [6, 6.07) is 10.0. The Labute approximate surface area is 180 Å². The normalized spacial score (nSPS) is 12.7. The molecule has 0 radical (unpaired) electrons. The lowest BCUT2D eigenvalue weighted by molar-refractivity contribution is -0.186. The van der Waals surface area contributed by atoms with E-state index in [1.807, 2.05) is 90.6 Å². The number of likely N-dealkylation sites (N-methyl/N-ethyl adjacent to an activating group) is 1. The zero-order valence-corrected chi connectivity index (χ0v) is 20.0. The van der Waals surface area contributed by atoms with Crippen LogP contribution in [0.4, 0.5) is 0 Å². The van der Waals surface area contributed by atoms with Crippen molar-refractivity contribution in [3.8, 4) is 0 Å². The number of carbonyl (C=O) groups excluding carboxylic acids is 2. The van der Waals surface area contributed by atoms with Crippen LogP contribution in [0.3, 0.4) is 0 Å². The summed E-state index contributed by atoms with van der Waals surface area (Å²) < 4.78 is 11.5. The highest BCUT2D eigenvalue weighted by molar-refractivity contribution is 7.98. The highest BCUT2D eigenvalue weighted by Crippen LogP contribution is 2.30. The van der Waals surface area contributed by atoms with Crippen LogP contribution in [0.2, 0.25) is 0 Å². The fraction of sp³-hybridized carbons (Fsp3) is 0.652. The van der Waals surface area contributed by atoms with Crippen LogP contribution in [0.15, 0.2) is 30.3 Å². The summed E-state index contributed by atoms with van der Waals surface area (Å²) in [5, 5.41) is 0. The zero-order valence-electron chi connectivity index (χ0n) is 19.2. The first-order valence-electron chi connectivity index (χ1n) is 10.2. The fourth-order valence-corrected chi connectivity index (χ4v) is 4.17. The molecule has 0 aliphatic carbocycles. The number of hydrogen-bond donors (Lipinski definition) is 0. The Balaban J connectivity index is 3.30. The van der Waals surface area contributed by atoms with Crippen molar-refractivity contribution in [2.24, 2.45) is 0 Å².